The van der Waals surface area contributed by atoms with Crippen molar-refractivity contribution in [1.82, 2.24) is 10.1 Å². The van der Waals surface area contributed by atoms with Gasteiger partial charge in [0.2, 0.25) is 0 Å². The van der Waals surface area contributed by atoms with Gasteiger partial charge in [-0.3, -0.25) is 19.2 Å². The van der Waals surface area contributed by atoms with Gasteiger partial charge in [0.1, 0.15) is 9.79 Å². The standard InChI is InChI=1S/C26H14N2O10S2/c29-23-17-7-1-2-8-18(17)24(30)27(23)37-39(33,34)21-13-5-12-16-15(21)11-6-14-22(16)40(35,36)38-28-25(31)19-9-3-4-10-20(19)26(28)32/h1-14H. The molecule has 0 fully saturated rings. The summed E-state index contributed by atoms with van der Waals surface area (Å²) in [5.41, 5.74) is -0.169. The van der Waals surface area contributed by atoms with Gasteiger partial charge in [0.25, 0.3) is 23.6 Å². The minimum Gasteiger partial charge on any atom is -0.266 e. The van der Waals surface area contributed by atoms with Crippen LogP contribution >= 0.6 is 0 Å². The molecule has 0 N–H and O–H groups in total. The van der Waals surface area contributed by atoms with Crippen molar-refractivity contribution in [3.63, 3.8) is 0 Å². The van der Waals surface area contributed by atoms with Gasteiger partial charge >= 0.3 is 20.2 Å². The molecule has 0 aliphatic carbocycles. The molecule has 2 aliphatic heterocycles. The summed E-state index contributed by atoms with van der Waals surface area (Å²) in [4.78, 5) is 49.4. The Morgan fingerprint density at radius 3 is 1.02 bits per heavy atom. The van der Waals surface area contributed by atoms with E-state index in [1.165, 1.54) is 72.8 Å². The molecule has 12 nitrogen and oxygen atoms in total. The third-order valence-corrected chi connectivity index (χ3v) is 8.72. The number of benzene rings is 4. The van der Waals surface area contributed by atoms with E-state index in [0.717, 1.165) is 12.1 Å². The highest BCUT2D eigenvalue weighted by atomic mass is 32.2. The highest BCUT2D eigenvalue weighted by Gasteiger charge is 2.42. The Kier molecular flexibility index (Phi) is 5.67. The molecule has 4 aromatic rings. The van der Waals surface area contributed by atoms with Gasteiger partial charge in [0.05, 0.1) is 22.3 Å². The van der Waals surface area contributed by atoms with E-state index in [1.54, 1.807) is 0 Å². The van der Waals surface area contributed by atoms with Crippen LogP contribution in [0.3, 0.4) is 0 Å². The van der Waals surface area contributed by atoms with Crippen LogP contribution in [0.1, 0.15) is 41.4 Å². The van der Waals surface area contributed by atoms with E-state index >= 15 is 0 Å². The number of hydrogen-bond acceptors (Lipinski definition) is 10. The Balaban J connectivity index is 1.36. The summed E-state index contributed by atoms with van der Waals surface area (Å²) in [6, 6.07) is 18.5. The monoisotopic (exact) mass is 578 g/mol. The normalized spacial score (nSPS) is 15.2. The molecule has 14 heteroatoms. The zero-order valence-corrected chi connectivity index (χ0v) is 21.5. The maximum absolute atomic E-state index is 13.2. The first-order chi connectivity index (χ1) is 19.0. The van der Waals surface area contributed by atoms with Gasteiger partial charge < -0.3 is 0 Å². The average Bonchev–Trinajstić information content (AvgIpc) is 3.32. The van der Waals surface area contributed by atoms with E-state index in [0.29, 0.717) is 0 Å². The minimum absolute atomic E-state index is 0.0423. The highest BCUT2D eigenvalue weighted by molar-refractivity contribution is 7.87. The van der Waals surface area contributed by atoms with Crippen molar-refractivity contribution in [1.29, 1.82) is 0 Å². The Morgan fingerprint density at radius 1 is 0.425 bits per heavy atom. The second kappa shape index (κ2) is 8.89. The van der Waals surface area contributed by atoms with Crippen molar-refractivity contribution in [2.24, 2.45) is 0 Å². The molecule has 0 unspecified atom stereocenters. The van der Waals surface area contributed by atoms with E-state index in [2.05, 4.69) is 0 Å². The summed E-state index contributed by atoms with van der Waals surface area (Å²) in [5.74, 6) is -3.94. The molecular weight excluding hydrogens is 564 g/mol. The number of carbonyl (C=O) groups excluding carboxylic acids is 4. The van der Waals surface area contributed by atoms with Gasteiger partial charge in [-0.1, -0.05) is 48.5 Å². The SMILES string of the molecule is O=C1c2ccccc2C(=O)N1OS(=O)(=O)c1cccc2c(S(=O)(=O)ON3C(=O)c4ccccc4C3=O)cccc12. The lowest BCUT2D eigenvalue weighted by Gasteiger charge is -2.16. The molecule has 4 amide bonds. The summed E-state index contributed by atoms with van der Waals surface area (Å²) < 4.78 is 62.8. The number of hydrogen-bond donors (Lipinski definition) is 0. The first kappa shape index (κ1) is 25.5. The fraction of sp³-hybridized carbons (Fsp3) is 0. The van der Waals surface area contributed by atoms with Crippen LogP contribution in [0.25, 0.3) is 10.8 Å². The van der Waals surface area contributed by atoms with Crippen LogP contribution in [-0.4, -0.2) is 50.6 Å². The van der Waals surface area contributed by atoms with Crippen molar-refractivity contribution in [3.8, 4) is 0 Å². The molecule has 6 rings (SSSR count). The lowest BCUT2D eigenvalue weighted by Crippen LogP contribution is -2.33. The van der Waals surface area contributed by atoms with Crippen molar-refractivity contribution < 1.29 is 44.6 Å². The molecule has 2 aliphatic rings. The summed E-state index contributed by atoms with van der Waals surface area (Å²) in [6.45, 7) is 0. The predicted molar refractivity (Wildman–Crippen MR) is 134 cm³/mol. The van der Waals surface area contributed by atoms with Crippen LogP contribution in [0, 0.1) is 0 Å². The van der Waals surface area contributed by atoms with Gasteiger partial charge in [-0.2, -0.15) is 16.8 Å². The van der Waals surface area contributed by atoms with Gasteiger partial charge in [-0.15, -0.1) is 18.7 Å². The fourth-order valence-electron chi connectivity index (χ4n) is 4.43. The van der Waals surface area contributed by atoms with Crippen LogP contribution in [0.2, 0.25) is 0 Å². The van der Waals surface area contributed by atoms with Crippen molar-refractivity contribution >= 4 is 54.6 Å². The molecule has 0 atom stereocenters. The third-order valence-electron chi connectivity index (χ3n) is 6.24. The van der Waals surface area contributed by atoms with Crippen LogP contribution in [-0.2, 0) is 28.8 Å². The van der Waals surface area contributed by atoms with Gasteiger partial charge in [-0.05, 0) is 36.4 Å². The number of nitrogens with zero attached hydrogens (tertiary/aromatic N) is 2. The fourth-order valence-corrected chi connectivity index (χ4v) is 6.64. The molecule has 0 saturated carbocycles. The van der Waals surface area contributed by atoms with Crippen molar-refractivity contribution in [2.75, 3.05) is 0 Å². The lowest BCUT2D eigenvalue weighted by atomic mass is 10.1. The van der Waals surface area contributed by atoms with E-state index in [4.69, 9.17) is 8.57 Å². The third kappa shape index (κ3) is 3.81. The topological polar surface area (TPSA) is 161 Å². The molecule has 200 valence electrons. The zero-order valence-electron chi connectivity index (χ0n) is 19.9. The molecule has 0 radical (unpaired) electrons. The van der Waals surface area contributed by atoms with E-state index in [1.807, 2.05) is 0 Å². The Hall–Kier alpha value is -4.76. The maximum atomic E-state index is 13.2. The number of hydroxylamine groups is 4. The Morgan fingerprint density at radius 2 is 0.725 bits per heavy atom. The first-order valence-corrected chi connectivity index (χ1v) is 14.2. The Labute approximate surface area is 226 Å². The zero-order chi connectivity index (χ0) is 28.4. The molecule has 4 aromatic carbocycles. The number of imide groups is 2. The van der Waals surface area contributed by atoms with Gasteiger partial charge in [0.15, 0.2) is 0 Å². The predicted octanol–water partition coefficient (Wildman–Crippen LogP) is 2.67. The van der Waals surface area contributed by atoms with Crippen LogP contribution in [0.5, 0.6) is 0 Å². The molecule has 0 bridgehead atoms. The number of carbonyl (C=O) groups is 4. The van der Waals surface area contributed by atoms with Gasteiger partial charge in [-0.25, -0.2) is 0 Å². The summed E-state index contributed by atoms with van der Waals surface area (Å²) in [5, 5.41) is -0.0902. The molecular formula is C26H14N2O10S2. The minimum atomic E-state index is -4.86. The maximum Gasteiger partial charge on any atom is 0.318 e. The average molecular weight is 579 g/mol. The van der Waals surface area contributed by atoms with E-state index in [-0.39, 0.29) is 43.2 Å². The molecule has 0 spiro atoms. The second-order valence-corrected chi connectivity index (χ2v) is 11.6. The van der Waals surface area contributed by atoms with E-state index < -0.39 is 53.7 Å². The molecule has 2 heterocycles. The van der Waals surface area contributed by atoms with Crippen LogP contribution in [0.4, 0.5) is 0 Å². The largest absolute Gasteiger partial charge is 0.318 e. The second-order valence-electron chi connectivity index (χ2n) is 8.57. The number of rotatable bonds is 6. The van der Waals surface area contributed by atoms with Crippen LogP contribution < -0.4 is 0 Å². The quantitative estimate of drug-likeness (QED) is 0.311. The summed E-state index contributed by atoms with van der Waals surface area (Å²) in [7, 11) is -9.72. The van der Waals surface area contributed by atoms with Crippen LogP contribution in [0.15, 0.2) is 94.7 Å². The van der Waals surface area contributed by atoms with Gasteiger partial charge in [0, 0.05) is 10.8 Å². The number of amides is 4. The number of fused-ring (bicyclic) bond motifs is 3. The Bertz CT molecular complexity index is 1820. The molecule has 0 saturated heterocycles. The van der Waals surface area contributed by atoms with Crippen molar-refractivity contribution in [3.05, 3.63) is 107 Å². The first-order valence-electron chi connectivity index (χ1n) is 11.4. The highest BCUT2D eigenvalue weighted by Crippen LogP contribution is 2.33. The smallest absolute Gasteiger partial charge is 0.266 e. The summed E-state index contributed by atoms with van der Waals surface area (Å²) in [6.07, 6.45) is 0. The van der Waals surface area contributed by atoms with E-state index in [9.17, 15) is 36.0 Å². The molecule has 40 heavy (non-hydrogen) atoms. The van der Waals surface area contributed by atoms with Crippen molar-refractivity contribution in [2.45, 2.75) is 9.79 Å². The summed E-state index contributed by atoms with van der Waals surface area (Å²) >= 11 is 0. The lowest BCUT2D eigenvalue weighted by molar-refractivity contribution is -0.0107. The molecule has 0 aromatic heterocycles.